The molecule has 2 unspecified atom stereocenters. The van der Waals surface area contributed by atoms with Crippen molar-refractivity contribution in [2.24, 2.45) is 11.8 Å². The van der Waals surface area contributed by atoms with E-state index in [2.05, 4.69) is 48.9 Å². The number of rotatable bonds is 6. The minimum Gasteiger partial charge on any atom is -0.319 e. The SMILES string of the molecule is CCn1nc(C)cc1CC(C)C(C)CNC. The van der Waals surface area contributed by atoms with Gasteiger partial charge in [0.05, 0.1) is 5.69 Å². The van der Waals surface area contributed by atoms with E-state index in [1.54, 1.807) is 0 Å². The van der Waals surface area contributed by atoms with Crippen LogP contribution in [-0.2, 0) is 13.0 Å². The largest absolute Gasteiger partial charge is 0.319 e. The Bertz CT molecular complexity index is 317. The summed E-state index contributed by atoms with van der Waals surface area (Å²) < 4.78 is 2.12. The minimum atomic E-state index is 0.689. The molecule has 3 heteroatoms. The second kappa shape index (κ2) is 6.04. The molecule has 1 aromatic rings. The van der Waals surface area contributed by atoms with Crippen LogP contribution in [0.5, 0.6) is 0 Å². The Morgan fingerprint density at radius 1 is 1.38 bits per heavy atom. The van der Waals surface area contributed by atoms with Crippen molar-refractivity contribution in [3.8, 4) is 0 Å². The van der Waals surface area contributed by atoms with E-state index >= 15 is 0 Å². The normalized spacial score (nSPS) is 15.1. The molecule has 0 aliphatic carbocycles. The van der Waals surface area contributed by atoms with E-state index in [-0.39, 0.29) is 0 Å². The van der Waals surface area contributed by atoms with Crippen LogP contribution in [0.3, 0.4) is 0 Å². The topological polar surface area (TPSA) is 29.9 Å². The van der Waals surface area contributed by atoms with Gasteiger partial charge in [0.2, 0.25) is 0 Å². The highest BCUT2D eigenvalue weighted by molar-refractivity contribution is 5.09. The molecule has 16 heavy (non-hydrogen) atoms. The lowest BCUT2D eigenvalue weighted by atomic mass is 9.91. The third-order valence-corrected chi connectivity index (χ3v) is 3.31. The van der Waals surface area contributed by atoms with Gasteiger partial charge in [-0.25, -0.2) is 0 Å². The maximum atomic E-state index is 4.49. The molecule has 0 aliphatic heterocycles. The number of aryl methyl sites for hydroxylation is 2. The standard InChI is InChI=1S/C13H25N3/c1-6-16-13(8-12(4)15-16)7-10(2)11(3)9-14-5/h8,10-11,14H,6-7,9H2,1-5H3. The highest BCUT2D eigenvalue weighted by Crippen LogP contribution is 2.17. The van der Waals surface area contributed by atoms with Gasteiger partial charge in [0.1, 0.15) is 0 Å². The summed E-state index contributed by atoms with van der Waals surface area (Å²) in [6, 6.07) is 2.21. The van der Waals surface area contributed by atoms with Crippen molar-refractivity contribution in [2.75, 3.05) is 13.6 Å². The van der Waals surface area contributed by atoms with Gasteiger partial charge in [-0.05, 0) is 51.8 Å². The van der Waals surface area contributed by atoms with Gasteiger partial charge in [0.25, 0.3) is 0 Å². The smallest absolute Gasteiger partial charge is 0.0596 e. The van der Waals surface area contributed by atoms with Crippen LogP contribution < -0.4 is 5.32 Å². The van der Waals surface area contributed by atoms with Crippen LogP contribution in [0.4, 0.5) is 0 Å². The first-order valence-corrected chi connectivity index (χ1v) is 6.26. The van der Waals surface area contributed by atoms with E-state index in [4.69, 9.17) is 0 Å². The Labute approximate surface area is 99.2 Å². The number of nitrogens with one attached hydrogen (secondary N) is 1. The maximum Gasteiger partial charge on any atom is 0.0596 e. The van der Waals surface area contributed by atoms with Gasteiger partial charge in [0, 0.05) is 12.2 Å². The van der Waals surface area contributed by atoms with Crippen LogP contribution in [0.2, 0.25) is 0 Å². The summed E-state index contributed by atoms with van der Waals surface area (Å²) in [5.74, 6) is 1.39. The van der Waals surface area contributed by atoms with E-state index in [0.29, 0.717) is 11.8 Å². The number of nitrogens with zero attached hydrogens (tertiary/aromatic N) is 2. The molecule has 0 amide bonds. The molecular weight excluding hydrogens is 198 g/mol. The highest BCUT2D eigenvalue weighted by atomic mass is 15.3. The van der Waals surface area contributed by atoms with Gasteiger partial charge in [0.15, 0.2) is 0 Å². The lowest BCUT2D eigenvalue weighted by Crippen LogP contribution is -2.23. The van der Waals surface area contributed by atoms with Crippen molar-refractivity contribution in [3.63, 3.8) is 0 Å². The zero-order valence-corrected chi connectivity index (χ0v) is 11.2. The van der Waals surface area contributed by atoms with Crippen molar-refractivity contribution >= 4 is 0 Å². The van der Waals surface area contributed by atoms with Crippen molar-refractivity contribution < 1.29 is 0 Å². The van der Waals surface area contributed by atoms with Gasteiger partial charge in [-0.15, -0.1) is 0 Å². The Morgan fingerprint density at radius 2 is 2.06 bits per heavy atom. The summed E-state index contributed by atoms with van der Waals surface area (Å²) >= 11 is 0. The summed E-state index contributed by atoms with van der Waals surface area (Å²) in [7, 11) is 2.02. The Kier molecular flexibility index (Phi) is 5.00. The fourth-order valence-corrected chi connectivity index (χ4v) is 2.09. The van der Waals surface area contributed by atoms with E-state index in [1.165, 1.54) is 5.69 Å². The Hall–Kier alpha value is -0.830. The van der Waals surface area contributed by atoms with Crippen LogP contribution in [0.1, 0.15) is 32.2 Å². The second-order valence-corrected chi connectivity index (χ2v) is 4.81. The summed E-state index contributed by atoms with van der Waals surface area (Å²) in [5.41, 5.74) is 2.50. The number of hydrogen-bond donors (Lipinski definition) is 1. The van der Waals surface area contributed by atoms with E-state index < -0.39 is 0 Å². The Morgan fingerprint density at radius 3 is 2.62 bits per heavy atom. The molecule has 0 saturated heterocycles. The first kappa shape index (κ1) is 13.2. The van der Waals surface area contributed by atoms with Crippen LogP contribution in [0.25, 0.3) is 0 Å². The predicted molar refractivity (Wildman–Crippen MR) is 68.6 cm³/mol. The first-order valence-electron chi connectivity index (χ1n) is 6.26. The highest BCUT2D eigenvalue weighted by Gasteiger charge is 2.14. The van der Waals surface area contributed by atoms with E-state index in [9.17, 15) is 0 Å². The minimum absolute atomic E-state index is 0.689. The molecular formula is C13H25N3. The van der Waals surface area contributed by atoms with Crippen LogP contribution in [0, 0.1) is 18.8 Å². The third kappa shape index (κ3) is 3.34. The second-order valence-electron chi connectivity index (χ2n) is 4.81. The molecule has 0 aromatic carbocycles. The zero-order chi connectivity index (χ0) is 12.1. The molecule has 0 fully saturated rings. The molecule has 2 atom stereocenters. The van der Waals surface area contributed by atoms with Crippen LogP contribution in [0.15, 0.2) is 6.07 Å². The fourth-order valence-electron chi connectivity index (χ4n) is 2.09. The summed E-state index contributed by atoms with van der Waals surface area (Å²) in [5, 5.41) is 7.73. The molecule has 1 N–H and O–H groups in total. The molecule has 92 valence electrons. The summed E-state index contributed by atoms with van der Waals surface area (Å²) in [6.45, 7) is 10.9. The average Bonchev–Trinajstić information content (AvgIpc) is 2.59. The van der Waals surface area contributed by atoms with Crippen molar-refractivity contribution in [1.29, 1.82) is 0 Å². The Balaban J connectivity index is 2.64. The lowest BCUT2D eigenvalue weighted by Gasteiger charge is -2.19. The lowest BCUT2D eigenvalue weighted by molar-refractivity contribution is 0.365. The molecule has 0 radical (unpaired) electrons. The monoisotopic (exact) mass is 223 g/mol. The summed E-state index contributed by atoms with van der Waals surface area (Å²) in [4.78, 5) is 0. The number of aromatic nitrogens is 2. The molecule has 0 saturated carbocycles. The fraction of sp³-hybridized carbons (Fsp3) is 0.769. The molecule has 1 rings (SSSR count). The molecule has 0 spiro atoms. The van der Waals surface area contributed by atoms with E-state index in [1.807, 2.05) is 7.05 Å². The van der Waals surface area contributed by atoms with E-state index in [0.717, 1.165) is 25.2 Å². The molecule has 3 nitrogen and oxygen atoms in total. The van der Waals surface area contributed by atoms with Gasteiger partial charge in [-0.3, -0.25) is 4.68 Å². The average molecular weight is 223 g/mol. The molecule has 0 aliphatic rings. The van der Waals surface area contributed by atoms with Crippen molar-refractivity contribution in [3.05, 3.63) is 17.5 Å². The molecule has 1 heterocycles. The molecule has 1 aromatic heterocycles. The van der Waals surface area contributed by atoms with Gasteiger partial charge in [-0.2, -0.15) is 5.10 Å². The van der Waals surface area contributed by atoms with Gasteiger partial charge < -0.3 is 5.32 Å². The predicted octanol–water partition coefficient (Wildman–Crippen LogP) is 2.25. The van der Waals surface area contributed by atoms with Crippen LogP contribution >= 0.6 is 0 Å². The van der Waals surface area contributed by atoms with Crippen molar-refractivity contribution in [1.82, 2.24) is 15.1 Å². The van der Waals surface area contributed by atoms with Crippen molar-refractivity contribution in [2.45, 2.75) is 40.7 Å². The number of hydrogen-bond acceptors (Lipinski definition) is 2. The third-order valence-electron chi connectivity index (χ3n) is 3.31. The summed E-state index contributed by atoms with van der Waals surface area (Å²) in [6.07, 6.45) is 1.12. The van der Waals surface area contributed by atoms with Gasteiger partial charge >= 0.3 is 0 Å². The van der Waals surface area contributed by atoms with Crippen LogP contribution in [-0.4, -0.2) is 23.4 Å². The van der Waals surface area contributed by atoms with Gasteiger partial charge in [-0.1, -0.05) is 13.8 Å². The first-order chi connectivity index (χ1) is 7.58. The maximum absolute atomic E-state index is 4.49. The molecule has 0 bridgehead atoms. The quantitative estimate of drug-likeness (QED) is 0.801. The zero-order valence-electron chi connectivity index (χ0n) is 11.2.